The van der Waals surface area contributed by atoms with Crippen molar-refractivity contribution in [2.45, 2.75) is 4.90 Å². The number of hydrogen-bond donors (Lipinski definition) is 1. The predicted molar refractivity (Wildman–Crippen MR) is 92.2 cm³/mol. The Morgan fingerprint density at radius 2 is 1.84 bits per heavy atom. The molecule has 3 rings (SSSR count). The maximum atomic E-state index is 12.2. The summed E-state index contributed by atoms with van der Waals surface area (Å²) in [7, 11) is -3.41. The minimum absolute atomic E-state index is 0.0486. The van der Waals surface area contributed by atoms with Crippen molar-refractivity contribution in [1.82, 2.24) is 10.2 Å². The third-order valence-electron chi connectivity index (χ3n) is 3.26. The molecule has 2 aromatic carbocycles. The van der Waals surface area contributed by atoms with Gasteiger partial charge in [0.15, 0.2) is 9.84 Å². The highest BCUT2D eigenvalue weighted by Crippen LogP contribution is 2.22. The molecule has 1 amide bonds. The van der Waals surface area contributed by atoms with E-state index in [1.54, 1.807) is 24.3 Å². The molecule has 1 heterocycles. The second-order valence-corrected chi connectivity index (χ2v) is 7.63. The number of nitrogens with one attached hydrogen (secondary N) is 1. The number of aromatic nitrogens is 2. The van der Waals surface area contributed by atoms with Crippen molar-refractivity contribution in [3.8, 4) is 11.5 Å². The Bertz CT molecular complexity index is 1030. The highest BCUT2D eigenvalue weighted by molar-refractivity contribution is 7.90. The molecule has 0 unspecified atom stereocenters. The van der Waals surface area contributed by atoms with Crippen LogP contribution in [-0.4, -0.2) is 30.8 Å². The Hall–Kier alpha value is -2.71. The van der Waals surface area contributed by atoms with Crippen LogP contribution in [0.5, 0.6) is 0 Å². The van der Waals surface area contributed by atoms with Crippen LogP contribution in [0.15, 0.2) is 57.8 Å². The first kappa shape index (κ1) is 17.1. The van der Waals surface area contributed by atoms with E-state index in [1.807, 2.05) is 0 Å². The third-order valence-corrected chi connectivity index (χ3v) is 4.62. The molecular formula is C16H12ClN3O4S. The fourth-order valence-electron chi connectivity index (χ4n) is 2.02. The molecule has 1 aromatic heterocycles. The Morgan fingerprint density at radius 3 is 2.52 bits per heavy atom. The summed E-state index contributed by atoms with van der Waals surface area (Å²) >= 11 is 5.82. The average molecular weight is 378 g/mol. The van der Waals surface area contributed by atoms with E-state index >= 15 is 0 Å². The standard InChI is InChI=1S/C16H12ClN3O4S/c1-25(22,23)13-4-2-3-11(9-13)14(21)18-16-20-19-15(24-16)10-5-7-12(17)8-6-10/h2-9H,1H3,(H,18,20,21). The van der Waals surface area contributed by atoms with Gasteiger partial charge in [-0.1, -0.05) is 22.8 Å². The van der Waals surface area contributed by atoms with Gasteiger partial charge in [-0.3, -0.25) is 10.1 Å². The minimum atomic E-state index is -3.41. The lowest BCUT2D eigenvalue weighted by molar-refractivity contribution is 0.102. The average Bonchev–Trinajstić information content (AvgIpc) is 3.03. The zero-order valence-electron chi connectivity index (χ0n) is 12.9. The van der Waals surface area contributed by atoms with Crippen LogP contribution in [-0.2, 0) is 9.84 Å². The zero-order chi connectivity index (χ0) is 18.0. The van der Waals surface area contributed by atoms with Crippen LogP contribution in [0.3, 0.4) is 0 Å². The van der Waals surface area contributed by atoms with E-state index in [9.17, 15) is 13.2 Å². The Morgan fingerprint density at radius 1 is 1.12 bits per heavy atom. The number of benzene rings is 2. The van der Waals surface area contributed by atoms with Gasteiger partial charge in [0.05, 0.1) is 4.90 Å². The van der Waals surface area contributed by atoms with Crippen molar-refractivity contribution in [1.29, 1.82) is 0 Å². The molecule has 0 saturated carbocycles. The molecule has 7 nitrogen and oxygen atoms in total. The van der Waals surface area contributed by atoms with Gasteiger partial charge < -0.3 is 4.42 Å². The largest absolute Gasteiger partial charge is 0.403 e. The van der Waals surface area contributed by atoms with Crippen LogP contribution in [0.25, 0.3) is 11.5 Å². The first-order chi connectivity index (χ1) is 11.8. The van der Waals surface area contributed by atoms with Crippen LogP contribution in [0.4, 0.5) is 6.01 Å². The second-order valence-electron chi connectivity index (χ2n) is 5.17. The van der Waals surface area contributed by atoms with Gasteiger partial charge in [-0.15, -0.1) is 5.10 Å². The third kappa shape index (κ3) is 4.04. The topological polar surface area (TPSA) is 102 Å². The maximum absolute atomic E-state index is 12.2. The molecular weight excluding hydrogens is 366 g/mol. The van der Waals surface area contributed by atoms with Gasteiger partial charge in [-0.05, 0) is 42.5 Å². The van der Waals surface area contributed by atoms with Gasteiger partial charge in [-0.2, -0.15) is 0 Å². The number of hydrogen-bond acceptors (Lipinski definition) is 6. The Labute approximate surface area is 148 Å². The van der Waals surface area contributed by atoms with Gasteiger partial charge in [0.25, 0.3) is 5.91 Å². The first-order valence-electron chi connectivity index (χ1n) is 7.04. The van der Waals surface area contributed by atoms with Crippen molar-refractivity contribution >= 4 is 33.4 Å². The summed E-state index contributed by atoms with van der Waals surface area (Å²) in [6, 6.07) is 12.3. The molecule has 25 heavy (non-hydrogen) atoms. The molecule has 1 N–H and O–H groups in total. The number of sulfone groups is 1. The van der Waals surface area contributed by atoms with Gasteiger partial charge in [0, 0.05) is 22.4 Å². The Kier molecular flexibility index (Phi) is 4.56. The van der Waals surface area contributed by atoms with Gasteiger partial charge in [0.1, 0.15) is 0 Å². The molecule has 0 spiro atoms. The van der Waals surface area contributed by atoms with Gasteiger partial charge >= 0.3 is 6.01 Å². The van der Waals surface area contributed by atoms with E-state index in [1.165, 1.54) is 24.3 Å². The summed E-state index contributed by atoms with van der Waals surface area (Å²) in [6.45, 7) is 0. The molecule has 3 aromatic rings. The van der Waals surface area contributed by atoms with Crippen molar-refractivity contribution in [2.75, 3.05) is 11.6 Å². The van der Waals surface area contributed by atoms with E-state index in [4.69, 9.17) is 16.0 Å². The first-order valence-corrected chi connectivity index (χ1v) is 9.31. The maximum Gasteiger partial charge on any atom is 0.322 e. The molecule has 0 atom stereocenters. The summed E-state index contributed by atoms with van der Waals surface area (Å²) in [5, 5.41) is 10.6. The lowest BCUT2D eigenvalue weighted by atomic mass is 10.2. The summed E-state index contributed by atoms with van der Waals surface area (Å²) in [4.78, 5) is 12.3. The van der Waals surface area contributed by atoms with E-state index < -0.39 is 15.7 Å². The number of halogens is 1. The van der Waals surface area contributed by atoms with E-state index in [0.717, 1.165) is 6.26 Å². The second kappa shape index (κ2) is 6.66. The van der Waals surface area contributed by atoms with Crippen molar-refractivity contribution in [3.05, 3.63) is 59.1 Å². The molecule has 0 aliphatic rings. The number of carbonyl (C=O) groups excluding carboxylic acids is 1. The molecule has 128 valence electrons. The van der Waals surface area contributed by atoms with Crippen molar-refractivity contribution in [2.24, 2.45) is 0 Å². The van der Waals surface area contributed by atoms with E-state index in [2.05, 4.69) is 15.5 Å². The minimum Gasteiger partial charge on any atom is -0.403 e. The van der Waals surface area contributed by atoms with E-state index in [0.29, 0.717) is 10.6 Å². The molecule has 0 aliphatic carbocycles. The fraction of sp³-hybridized carbons (Fsp3) is 0.0625. The predicted octanol–water partition coefficient (Wildman–Crippen LogP) is 3.05. The van der Waals surface area contributed by atoms with Crippen molar-refractivity contribution in [3.63, 3.8) is 0 Å². The molecule has 9 heteroatoms. The van der Waals surface area contributed by atoms with Crippen LogP contribution in [0, 0.1) is 0 Å². The number of amides is 1. The summed E-state index contributed by atoms with van der Waals surface area (Å²) in [6.07, 6.45) is 1.07. The summed E-state index contributed by atoms with van der Waals surface area (Å²) in [5.74, 6) is -0.339. The van der Waals surface area contributed by atoms with E-state index in [-0.39, 0.29) is 22.4 Å². The fourth-order valence-corrected chi connectivity index (χ4v) is 2.81. The smallest absolute Gasteiger partial charge is 0.322 e. The SMILES string of the molecule is CS(=O)(=O)c1cccc(C(=O)Nc2nnc(-c3ccc(Cl)cc3)o2)c1. The zero-order valence-corrected chi connectivity index (χ0v) is 14.5. The summed E-state index contributed by atoms with van der Waals surface area (Å²) < 4.78 is 28.5. The molecule has 0 bridgehead atoms. The van der Waals surface area contributed by atoms with Crippen LogP contribution in [0.1, 0.15) is 10.4 Å². The quantitative estimate of drug-likeness (QED) is 0.749. The Balaban J connectivity index is 1.79. The molecule has 0 saturated heterocycles. The van der Waals surface area contributed by atoms with Crippen LogP contribution < -0.4 is 5.32 Å². The van der Waals surface area contributed by atoms with Crippen LogP contribution >= 0.6 is 11.6 Å². The van der Waals surface area contributed by atoms with Gasteiger partial charge in [0.2, 0.25) is 5.89 Å². The monoisotopic (exact) mass is 377 g/mol. The number of rotatable bonds is 4. The lowest BCUT2D eigenvalue weighted by Gasteiger charge is -2.03. The molecule has 0 fully saturated rings. The number of nitrogens with zero attached hydrogens (tertiary/aromatic N) is 2. The molecule has 0 aliphatic heterocycles. The van der Waals surface area contributed by atoms with Gasteiger partial charge in [-0.25, -0.2) is 8.42 Å². The highest BCUT2D eigenvalue weighted by Gasteiger charge is 2.15. The molecule has 0 radical (unpaired) electrons. The number of carbonyl (C=O) groups is 1. The lowest BCUT2D eigenvalue weighted by Crippen LogP contribution is -2.13. The summed E-state index contributed by atoms with van der Waals surface area (Å²) in [5.41, 5.74) is 0.811. The normalized spacial score (nSPS) is 11.3. The van der Waals surface area contributed by atoms with Crippen LogP contribution in [0.2, 0.25) is 5.02 Å². The number of anilines is 1. The highest BCUT2D eigenvalue weighted by atomic mass is 35.5. The van der Waals surface area contributed by atoms with Crippen molar-refractivity contribution < 1.29 is 17.6 Å².